The third kappa shape index (κ3) is 6.90. The van der Waals surface area contributed by atoms with Crippen LogP contribution in [-0.2, 0) is 10.9 Å². The lowest BCUT2D eigenvalue weighted by atomic mass is 9.97. The summed E-state index contributed by atoms with van der Waals surface area (Å²) in [6.45, 7) is 0.392. The Morgan fingerprint density at radius 2 is 1.73 bits per heavy atom. The highest BCUT2D eigenvalue weighted by molar-refractivity contribution is 7.99. The summed E-state index contributed by atoms with van der Waals surface area (Å²) in [7, 11) is 1.55. The predicted octanol–water partition coefficient (Wildman–Crippen LogP) is 3.14. The normalized spacial score (nSPS) is 11.4. The Labute approximate surface area is 189 Å². The average molecular weight is 490 g/mol. The molecule has 180 valence electrons. The molecular formula is C21H22F4N2O5S. The largest absolute Gasteiger partial charge is 0.417 e. The number of aliphatic hydroxyl groups is 2. The molecule has 0 bridgehead atoms. The number of methoxy groups -OCH3 is 1. The first-order valence-electron chi connectivity index (χ1n) is 9.64. The molecule has 0 amide bonds. The van der Waals surface area contributed by atoms with Crippen molar-refractivity contribution in [2.24, 2.45) is 0 Å². The van der Waals surface area contributed by atoms with Crippen LogP contribution in [0.4, 0.5) is 17.6 Å². The van der Waals surface area contributed by atoms with E-state index in [0.717, 1.165) is 23.9 Å². The van der Waals surface area contributed by atoms with Crippen molar-refractivity contribution >= 4 is 22.7 Å². The van der Waals surface area contributed by atoms with Crippen molar-refractivity contribution in [1.82, 2.24) is 9.97 Å². The second kappa shape index (κ2) is 12.0. The minimum atomic E-state index is -4.80. The Hall–Kier alpha value is -2.67. The van der Waals surface area contributed by atoms with E-state index in [1.165, 1.54) is 12.1 Å². The van der Waals surface area contributed by atoms with E-state index in [9.17, 15) is 27.2 Å². The molecule has 0 unspecified atom stereocenters. The molecule has 12 heteroatoms. The van der Waals surface area contributed by atoms with Crippen LogP contribution in [0.2, 0.25) is 0 Å². The van der Waals surface area contributed by atoms with Gasteiger partial charge in [-0.2, -0.15) is 13.2 Å². The van der Waals surface area contributed by atoms with Crippen molar-refractivity contribution in [3.63, 3.8) is 0 Å². The van der Waals surface area contributed by atoms with Gasteiger partial charge < -0.3 is 19.9 Å². The number of benzene rings is 2. The molecule has 0 spiro atoms. The smallest absolute Gasteiger partial charge is 0.396 e. The van der Waals surface area contributed by atoms with Gasteiger partial charge in [-0.1, -0.05) is 12.1 Å². The zero-order valence-corrected chi connectivity index (χ0v) is 18.3. The van der Waals surface area contributed by atoms with Gasteiger partial charge in [-0.3, -0.25) is 9.78 Å². The van der Waals surface area contributed by atoms with Crippen LogP contribution in [0.25, 0.3) is 22.0 Å². The second-order valence-electron chi connectivity index (χ2n) is 6.61. The maximum Gasteiger partial charge on any atom is 0.417 e. The van der Waals surface area contributed by atoms with Crippen LogP contribution < -0.4 is 11.2 Å². The van der Waals surface area contributed by atoms with Gasteiger partial charge in [0, 0.05) is 29.9 Å². The summed E-state index contributed by atoms with van der Waals surface area (Å²) in [6, 6.07) is 5.14. The molecule has 0 radical (unpaired) electrons. The molecule has 2 aromatic carbocycles. The van der Waals surface area contributed by atoms with Gasteiger partial charge in [-0.05, 0) is 30.2 Å². The van der Waals surface area contributed by atoms with Gasteiger partial charge in [-0.15, -0.1) is 11.8 Å². The SMILES string of the molecule is COCCO.O=c1[nH]c(=O)c2cc(C(F)(F)F)c(-c3ccc(F)cc3)c(SCCCO)c2[nH]1. The van der Waals surface area contributed by atoms with E-state index in [0.29, 0.717) is 19.1 Å². The molecule has 0 aliphatic rings. The van der Waals surface area contributed by atoms with Crippen LogP contribution in [-0.4, -0.2) is 52.9 Å². The highest BCUT2D eigenvalue weighted by Crippen LogP contribution is 2.45. The standard InChI is InChI=1S/C18H14F4N2O3S.C3H8O2/c19-10-4-2-9(3-5-10)13-12(18(20,21)22)8-11-14(15(13)28-7-1-6-25)23-17(27)24-16(11)26;1-5-3-2-4/h2-5,8,25H,1,6-7H2,(H2,23,24,26,27);4H,2-3H2,1H3. The molecule has 3 rings (SSSR count). The third-order valence-corrected chi connectivity index (χ3v) is 5.46. The minimum absolute atomic E-state index is 0.0353. The molecule has 0 atom stereocenters. The number of aromatic nitrogens is 2. The Bertz CT molecular complexity index is 1170. The average Bonchev–Trinajstić information content (AvgIpc) is 2.75. The summed E-state index contributed by atoms with van der Waals surface area (Å²) in [5.41, 5.74) is -3.09. The summed E-state index contributed by atoms with van der Waals surface area (Å²) >= 11 is 0.971. The zero-order valence-electron chi connectivity index (χ0n) is 17.5. The van der Waals surface area contributed by atoms with Gasteiger partial charge in [0.1, 0.15) is 5.82 Å². The molecule has 0 aliphatic heterocycles. The van der Waals surface area contributed by atoms with E-state index in [4.69, 9.17) is 10.2 Å². The van der Waals surface area contributed by atoms with Crippen molar-refractivity contribution in [1.29, 1.82) is 0 Å². The summed E-state index contributed by atoms with van der Waals surface area (Å²) in [4.78, 5) is 28.2. The van der Waals surface area contributed by atoms with Crippen LogP contribution in [0.15, 0.2) is 44.8 Å². The number of hydrogen-bond acceptors (Lipinski definition) is 6. The fraction of sp³-hybridized carbons (Fsp3) is 0.333. The minimum Gasteiger partial charge on any atom is -0.396 e. The number of H-pyrrole nitrogens is 2. The Balaban J connectivity index is 0.000000696. The van der Waals surface area contributed by atoms with E-state index in [2.05, 4.69) is 9.72 Å². The Kier molecular flexibility index (Phi) is 9.65. The van der Waals surface area contributed by atoms with E-state index >= 15 is 0 Å². The molecule has 3 aromatic rings. The van der Waals surface area contributed by atoms with Gasteiger partial charge >= 0.3 is 11.9 Å². The first-order valence-corrected chi connectivity index (χ1v) is 10.6. The summed E-state index contributed by atoms with van der Waals surface area (Å²) in [5.74, 6) is -0.368. The highest BCUT2D eigenvalue weighted by atomic mass is 32.2. The van der Waals surface area contributed by atoms with Crippen LogP contribution >= 0.6 is 11.8 Å². The Morgan fingerprint density at radius 3 is 2.24 bits per heavy atom. The fourth-order valence-electron chi connectivity index (χ4n) is 2.88. The van der Waals surface area contributed by atoms with E-state index in [1.54, 1.807) is 7.11 Å². The number of hydrogen-bond donors (Lipinski definition) is 4. The van der Waals surface area contributed by atoms with E-state index in [1.807, 2.05) is 4.98 Å². The van der Waals surface area contributed by atoms with Gasteiger partial charge in [0.05, 0.1) is 29.7 Å². The van der Waals surface area contributed by atoms with Crippen molar-refractivity contribution in [3.8, 4) is 11.1 Å². The molecule has 1 aromatic heterocycles. The topological polar surface area (TPSA) is 115 Å². The van der Waals surface area contributed by atoms with E-state index < -0.39 is 28.8 Å². The number of fused-ring (bicyclic) bond motifs is 1. The third-order valence-electron chi connectivity index (χ3n) is 4.27. The lowest BCUT2D eigenvalue weighted by Gasteiger charge is -2.19. The molecule has 7 nitrogen and oxygen atoms in total. The van der Waals surface area contributed by atoms with Gasteiger partial charge in [0.25, 0.3) is 5.56 Å². The summed E-state index contributed by atoms with van der Waals surface area (Å²) in [6.07, 6.45) is -4.51. The van der Waals surface area contributed by atoms with Gasteiger partial charge in [0.15, 0.2) is 0 Å². The number of aliphatic hydroxyl groups excluding tert-OH is 2. The lowest BCUT2D eigenvalue weighted by Crippen LogP contribution is -2.23. The van der Waals surface area contributed by atoms with Gasteiger partial charge in [-0.25, -0.2) is 9.18 Å². The van der Waals surface area contributed by atoms with Crippen LogP contribution in [0, 0.1) is 5.82 Å². The van der Waals surface area contributed by atoms with Crippen LogP contribution in [0.1, 0.15) is 12.0 Å². The highest BCUT2D eigenvalue weighted by Gasteiger charge is 2.36. The molecule has 0 saturated heterocycles. The number of thioether (sulfide) groups is 1. The molecule has 0 saturated carbocycles. The fourth-order valence-corrected chi connectivity index (χ4v) is 4.03. The van der Waals surface area contributed by atoms with Crippen molar-refractivity contribution in [3.05, 3.63) is 62.6 Å². The number of rotatable bonds is 7. The molecular weight excluding hydrogens is 468 g/mol. The second-order valence-corrected chi connectivity index (χ2v) is 7.71. The molecule has 4 N–H and O–H groups in total. The van der Waals surface area contributed by atoms with Gasteiger partial charge in [0.2, 0.25) is 0 Å². The van der Waals surface area contributed by atoms with E-state index in [-0.39, 0.29) is 45.9 Å². The predicted molar refractivity (Wildman–Crippen MR) is 117 cm³/mol. The maximum absolute atomic E-state index is 13.8. The quantitative estimate of drug-likeness (QED) is 0.230. The lowest BCUT2D eigenvalue weighted by molar-refractivity contribution is -0.137. The number of ether oxygens (including phenoxy) is 1. The maximum atomic E-state index is 13.8. The molecule has 0 fully saturated rings. The van der Waals surface area contributed by atoms with Crippen molar-refractivity contribution < 1.29 is 32.5 Å². The van der Waals surface area contributed by atoms with Crippen molar-refractivity contribution in [2.45, 2.75) is 17.5 Å². The van der Waals surface area contributed by atoms with Crippen LogP contribution in [0.5, 0.6) is 0 Å². The monoisotopic (exact) mass is 490 g/mol. The first-order chi connectivity index (χ1) is 15.6. The summed E-state index contributed by atoms with van der Waals surface area (Å²) in [5, 5.41) is 16.6. The number of alkyl halides is 3. The number of halogens is 4. The number of aromatic amines is 2. The van der Waals surface area contributed by atoms with Crippen LogP contribution in [0.3, 0.4) is 0 Å². The molecule has 0 aliphatic carbocycles. The van der Waals surface area contributed by atoms with Crippen molar-refractivity contribution in [2.75, 3.05) is 32.7 Å². The zero-order chi connectivity index (χ0) is 24.6. The number of nitrogens with one attached hydrogen (secondary N) is 2. The summed E-state index contributed by atoms with van der Waals surface area (Å²) < 4.78 is 59.2. The first kappa shape index (κ1) is 26.6. The Morgan fingerprint density at radius 1 is 1.06 bits per heavy atom. The molecule has 33 heavy (non-hydrogen) atoms. The molecule has 1 heterocycles.